The van der Waals surface area contributed by atoms with Crippen molar-refractivity contribution in [1.82, 2.24) is 10.6 Å². The fraction of sp³-hybridized carbons (Fsp3) is 0.370. The highest BCUT2D eigenvalue weighted by Gasteiger charge is 2.24. The van der Waals surface area contributed by atoms with Gasteiger partial charge >= 0.3 is 5.97 Å². The molecule has 2 atom stereocenters. The Morgan fingerprint density at radius 1 is 1.15 bits per heavy atom. The number of amides is 2. The first-order valence-electron chi connectivity index (χ1n) is 11.6. The summed E-state index contributed by atoms with van der Waals surface area (Å²) >= 11 is 0. The Morgan fingerprint density at radius 2 is 1.94 bits per heavy atom. The van der Waals surface area contributed by atoms with Crippen LogP contribution in [0.4, 0.5) is 0 Å². The Balaban J connectivity index is 2.03. The van der Waals surface area contributed by atoms with Crippen LogP contribution in [-0.2, 0) is 14.4 Å². The van der Waals surface area contributed by atoms with Crippen molar-refractivity contribution >= 4 is 17.8 Å². The third-order valence-electron chi connectivity index (χ3n) is 5.76. The third-order valence-corrected chi connectivity index (χ3v) is 5.76. The van der Waals surface area contributed by atoms with Gasteiger partial charge in [-0.1, -0.05) is 42.5 Å². The molecule has 2 aromatic carbocycles. The number of benzene rings is 2. The molecule has 1 aliphatic heterocycles. The Labute approximate surface area is 200 Å². The van der Waals surface area contributed by atoms with Crippen LogP contribution in [0.5, 0.6) is 5.75 Å². The molecule has 0 aliphatic carbocycles. The summed E-state index contributed by atoms with van der Waals surface area (Å²) in [7, 11) is 0. The van der Waals surface area contributed by atoms with E-state index < -0.39 is 24.0 Å². The number of rotatable bonds is 3. The van der Waals surface area contributed by atoms with Gasteiger partial charge in [-0.2, -0.15) is 0 Å². The molecule has 3 N–H and O–H groups in total. The van der Waals surface area contributed by atoms with Crippen LogP contribution in [0, 0.1) is 6.92 Å². The molecule has 2 aromatic rings. The van der Waals surface area contributed by atoms with Gasteiger partial charge in [0.2, 0.25) is 11.8 Å². The fourth-order valence-electron chi connectivity index (χ4n) is 4.11. The van der Waals surface area contributed by atoms with Crippen molar-refractivity contribution in [2.45, 2.75) is 58.0 Å². The molecule has 0 spiro atoms. The van der Waals surface area contributed by atoms with Crippen molar-refractivity contribution < 1.29 is 24.2 Å². The first-order chi connectivity index (χ1) is 16.3. The monoisotopic (exact) mass is 464 g/mol. The zero-order valence-electron chi connectivity index (χ0n) is 19.7. The summed E-state index contributed by atoms with van der Waals surface area (Å²) in [5.74, 6) is -0.986. The van der Waals surface area contributed by atoms with Gasteiger partial charge in [-0.15, -0.1) is 0 Å². The lowest BCUT2D eigenvalue weighted by Gasteiger charge is -2.23. The maximum atomic E-state index is 13.1. The van der Waals surface area contributed by atoms with Crippen LogP contribution >= 0.6 is 0 Å². The lowest BCUT2D eigenvalue weighted by molar-refractivity contribution is -0.138. The molecular formula is C27H32N2O5. The van der Waals surface area contributed by atoms with Crippen LogP contribution in [-0.4, -0.2) is 35.5 Å². The van der Waals surface area contributed by atoms with Crippen molar-refractivity contribution in [3.05, 3.63) is 65.7 Å². The van der Waals surface area contributed by atoms with Crippen LogP contribution < -0.4 is 15.4 Å². The molecule has 2 bridgehead atoms. The normalized spacial score (nSPS) is 20.1. The smallest absolute Gasteiger partial charge is 0.305 e. The number of carboxylic acid groups (broad SMARTS) is 1. The Kier molecular flexibility index (Phi) is 8.85. The highest BCUT2D eigenvalue weighted by Crippen LogP contribution is 2.35. The van der Waals surface area contributed by atoms with Gasteiger partial charge in [0.25, 0.3) is 0 Å². The van der Waals surface area contributed by atoms with Gasteiger partial charge in [0, 0.05) is 12.5 Å². The summed E-state index contributed by atoms with van der Waals surface area (Å²) in [6, 6.07) is 11.9. The van der Waals surface area contributed by atoms with Crippen LogP contribution in [0.3, 0.4) is 0 Å². The van der Waals surface area contributed by atoms with Crippen molar-refractivity contribution in [3.8, 4) is 16.9 Å². The molecule has 0 saturated carbocycles. The molecule has 0 radical (unpaired) electrons. The number of aryl methyl sites for hydroxylation is 1. The average molecular weight is 465 g/mol. The van der Waals surface area contributed by atoms with E-state index in [2.05, 4.69) is 10.6 Å². The third kappa shape index (κ3) is 6.94. The van der Waals surface area contributed by atoms with E-state index >= 15 is 0 Å². The van der Waals surface area contributed by atoms with E-state index in [1.54, 1.807) is 6.07 Å². The predicted octanol–water partition coefficient (Wildman–Crippen LogP) is 4.31. The Hall–Kier alpha value is -3.61. The second-order valence-electron chi connectivity index (χ2n) is 8.54. The van der Waals surface area contributed by atoms with Crippen molar-refractivity contribution in [1.29, 1.82) is 0 Å². The van der Waals surface area contributed by atoms with E-state index in [1.165, 1.54) is 6.92 Å². The highest BCUT2D eigenvalue weighted by molar-refractivity contribution is 5.87. The molecule has 0 fully saturated rings. The molecule has 1 heterocycles. The second kappa shape index (κ2) is 12.0. The SMILES string of the molecule is CC(=O)N[C@H]1C/C=C/CCCCOc2cccc(C)c2-c2cccc(c2)[C@H](CC(=O)O)NC1=O. The molecule has 34 heavy (non-hydrogen) atoms. The second-order valence-corrected chi connectivity index (χ2v) is 8.54. The predicted molar refractivity (Wildman–Crippen MR) is 130 cm³/mol. The first-order valence-corrected chi connectivity index (χ1v) is 11.6. The lowest BCUT2D eigenvalue weighted by atomic mass is 9.94. The minimum atomic E-state index is -1.03. The van der Waals surface area contributed by atoms with E-state index in [9.17, 15) is 19.5 Å². The Bertz CT molecular complexity index is 1060. The van der Waals surface area contributed by atoms with Crippen LogP contribution in [0.15, 0.2) is 54.6 Å². The number of nitrogens with one attached hydrogen (secondary N) is 2. The number of fused-ring (bicyclic) bond motifs is 4. The van der Waals surface area contributed by atoms with E-state index in [4.69, 9.17) is 4.74 Å². The number of hydrogen-bond acceptors (Lipinski definition) is 4. The van der Waals surface area contributed by atoms with Gasteiger partial charge in [-0.3, -0.25) is 14.4 Å². The molecule has 2 amide bonds. The fourth-order valence-corrected chi connectivity index (χ4v) is 4.11. The summed E-state index contributed by atoms with van der Waals surface area (Å²) in [5, 5.41) is 15.0. The number of carbonyl (C=O) groups excluding carboxylic acids is 2. The van der Waals surface area contributed by atoms with Crippen LogP contribution in [0.25, 0.3) is 11.1 Å². The molecule has 1 aliphatic rings. The number of hydrogen-bond donors (Lipinski definition) is 3. The van der Waals surface area contributed by atoms with Gasteiger partial charge in [0.05, 0.1) is 19.1 Å². The average Bonchev–Trinajstić information content (AvgIpc) is 2.78. The van der Waals surface area contributed by atoms with E-state index in [0.717, 1.165) is 41.7 Å². The summed E-state index contributed by atoms with van der Waals surface area (Å²) in [4.78, 5) is 36.4. The molecule has 7 heteroatoms. The van der Waals surface area contributed by atoms with Crippen LogP contribution in [0.1, 0.15) is 56.2 Å². The summed E-state index contributed by atoms with van der Waals surface area (Å²) in [5.41, 5.74) is 3.55. The minimum Gasteiger partial charge on any atom is -0.493 e. The van der Waals surface area contributed by atoms with E-state index in [0.29, 0.717) is 18.6 Å². The molecular weight excluding hydrogens is 432 g/mol. The summed E-state index contributed by atoms with van der Waals surface area (Å²) in [6.45, 7) is 3.95. The highest BCUT2D eigenvalue weighted by atomic mass is 16.5. The topological polar surface area (TPSA) is 105 Å². The number of allylic oxidation sites excluding steroid dienone is 1. The molecule has 0 saturated heterocycles. The number of ether oxygens (including phenoxy) is 1. The minimum absolute atomic E-state index is 0.283. The maximum absolute atomic E-state index is 13.1. The van der Waals surface area contributed by atoms with Gasteiger partial charge in [0.1, 0.15) is 11.8 Å². The molecule has 3 rings (SSSR count). The standard InChI is InChI=1S/C27H32N2O5/c1-18-10-8-14-24-26(18)21-12-9-11-20(16-21)23(17-25(31)32)29-27(33)22(28-19(2)30)13-6-4-3-5-7-15-34-24/h4,6,8-12,14,16,22-23H,3,5,7,13,15,17H2,1-2H3,(H,28,30)(H,29,33)(H,31,32)/b6-4+/t22-,23-/m0/s1. The summed E-state index contributed by atoms with van der Waals surface area (Å²) in [6.07, 6.45) is 6.57. The van der Waals surface area contributed by atoms with Gasteiger partial charge in [-0.05, 0) is 61.4 Å². The number of carboxylic acids is 1. The van der Waals surface area contributed by atoms with Gasteiger partial charge in [0.15, 0.2) is 0 Å². The largest absolute Gasteiger partial charge is 0.493 e. The van der Waals surface area contributed by atoms with E-state index in [1.807, 2.05) is 55.5 Å². The lowest BCUT2D eigenvalue weighted by Crippen LogP contribution is -2.47. The zero-order chi connectivity index (χ0) is 24.5. The van der Waals surface area contributed by atoms with Crippen molar-refractivity contribution in [2.24, 2.45) is 0 Å². The summed E-state index contributed by atoms with van der Waals surface area (Å²) < 4.78 is 6.12. The number of carbonyl (C=O) groups is 3. The molecule has 0 aromatic heterocycles. The maximum Gasteiger partial charge on any atom is 0.305 e. The molecule has 0 unspecified atom stereocenters. The zero-order valence-corrected chi connectivity index (χ0v) is 19.7. The van der Waals surface area contributed by atoms with Crippen LogP contribution in [0.2, 0.25) is 0 Å². The van der Waals surface area contributed by atoms with Crippen molar-refractivity contribution in [2.75, 3.05) is 6.61 Å². The Morgan fingerprint density at radius 3 is 2.71 bits per heavy atom. The van der Waals surface area contributed by atoms with Crippen molar-refractivity contribution in [3.63, 3.8) is 0 Å². The quantitative estimate of drug-likeness (QED) is 0.587. The number of aliphatic carboxylic acids is 1. The van der Waals surface area contributed by atoms with Gasteiger partial charge in [-0.25, -0.2) is 0 Å². The van der Waals surface area contributed by atoms with Gasteiger partial charge < -0.3 is 20.5 Å². The van der Waals surface area contributed by atoms with E-state index in [-0.39, 0.29) is 12.3 Å². The first kappa shape index (κ1) is 25.0. The molecule has 7 nitrogen and oxygen atoms in total. The molecule has 180 valence electrons.